The van der Waals surface area contributed by atoms with Gasteiger partial charge in [-0.25, -0.2) is 4.39 Å². The minimum absolute atomic E-state index is 0.165. The van der Waals surface area contributed by atoms with Crippen LogP contribution in [0.5, 0.6) is 0 Å². The zero-order valence-electron chi connectivity index (χ0n) is 14.6. The van der Waals surface area contributed by atoms with Crippen LogP contribution in [0.1, 0.15) is 37.7 Å². The molecule has 1 aromatic carbocycles. The van der Waals surface area contributed by atoms with Crippen molar-refractivity contribution in [2.24, 2.45) is 10.9 Å². The fourth-order valence-corrected chi connectivity index (χ4v) is 3.27. The lowest BCUT2D eigenvalue weighted by atomic mass is 10.0. The summed E-state index contributed by atoms with van der Waals surface area (Å²) in [5.74, 6) is 1.72. The first-order chi connectivity index (χ1) is 11.7. The lowest BCUT2D eigenvalue weighted by molar-refractivity contribution is 0.198. The number of hydrogen-bond acceptors (Lipinski definition) is 2. The van der Waals surface area contributed by atoms with Gasteiger partial charge in [-0.2, -0.15) is 0 Å². The Morgan fingerprint density at radius 1 is 1.17 bits per heavy atom. The second-order valence-corrected chi connectivity index (χ2v) is 7.05. The van der Waals surface area contributed by atoms with E-state index in [1.807, 2.05) is 19.2 Å². The number of hydrogen-bond donors (Lipinski definition) is 2. The molecular formula is C19H29FN4. The van der Waals surface area contributed by atoms with E-state index in [1.165, 1.54) is 24.8 Å². The Balaban J connectivity index is 1.36. The van der Waals surface area contributed by atoms with Gasteiger partial charge >= 0.3 is 0 Å². The number of nitrogens with zero attached hydrogens (tertiary/aromatic N) is 2. The van der Waals surface area contributed by atoms with Crippen molar-refractivity contribution in [3.05, 3.63) is 35.6 Å². The van der Waals surface area contributed by atoms with E-state index in [4.69, 9.17) is 0 Å². The molecule has 1 aliphatic heterocycles. The minimum atomic E-state index is -0.165. The number of likely N-dealkylation sites (tertiary alicyclic amines) is 1. The minimum Gasteiger partial charge on any atom is -0.356 e. The fraction of sp³-hybridized carbons (Fsp3) is 0.632. The summed E-state index contributed by atoms with van der Waals surface area (Å²) >= 11 is 0. The van der Waals surface area contributed by atoms with Crippen molar-refractivity contribution < 1.29 is 4.39 Å². The van der Waals surface area contributed by atoms with E-state index < -0.39 is 0 Å². The smallest absolute Gasteiger partial charge is 0.191 e. The third kappa shape index (κ3) is 5.48. The molecule has 1 aliphatic carbocycles. The van der Waals surface area contributed by atoms with Gasteiger partial charge in [0.05, 0.1) is 0 Å². The standard InChI is InChI=1S/C19H29FN4/c1-21-19(22-11-8-15-2-3-15)23-18-9-12-24(13-10-18)14-16-4-6-17(20)7-5-16/h4-7,15,18H,2-3,8-14H2,1H3,(H2,21,22,23). The van der Waals surface area contributed by atoms with Crippen LogP contribution in [-0.2, 0) is 6.54 Å². The predicted octanol–water partition coefficient (Wildman–Crippen LogP) is 2.76. The maximum Gasteiger partial charge on any atom is 0.191 e. The maximum atomic E-state index is 13.0. The molecule has 0 aromatic heterocycles. The molecule has 2 aliphatic rings. The van der Waals surface area contributed by atoms with Gasteiger partial charge in [0.2, 0.25) is 0 Å². The van der Waals surface area contributed by atoms with E-state index in [-0.39, 0.29) is 5.82 Å². The van der Waals surface area contributed by atoms with Crippen LogP contribution in [0.4, 0.5) is 4.39 Å². The predicted molar refractivity (Wildman–Crippen MR) is 96.5 cm³/mol. The Morgan fingerprint density at radius 3 is 2.50 bits per heavy atom. The fourth-order valence-electron chi connectivity index (χ4n) is 3.27. The Hall–Kier alpha value is -1.62. The molecule has 0 radical (unpaired) electrons. The maximum absolute atomic E-state index is 13.0. The molecule has 1 saturated heterocycles. The Kier molecular flexibility index (Phi) is 6.07. The summed E-state index contributed by atoms with van der Waals surface area (Å²) in [6.07, 6.45) is 6.30. The molecule has 1 aromatic rings. The monoisotopic (exact) mass is 332 g/mol. The van der Waals surface area contributed by atoms with E-state index in [2.05, 4.69) is 20.5 Å². The van der Waals surface area contributed by atoms with Crippen LogP contribution in [0.2, 0.25) is 0 Å². The van der Waals surface area contributed by atoms with Crippen molar-refractivity contribution in [2.45, 2.75) is 44.7 Å². The third-order valence-corrected chi connectivity index (χ3v) is 5.01. The summed E-state index contributed by atoms with van der Waals surface area (Å²) in [5, 5.41) is 6.99. The van der Waals surface area contributed by atoms with Gasteiger partial charge in [-0.1, -0.05) is 25.0 Å². The highest BCUT2D eigenvalue weighted by atomic mass is 19.1. The molecule has 1 saturated carbocycles. The molecule has 3 rings (SSSR count). The Bertz CT molecular complexity index is 531. The number of rotatable bonds is 6. The van der Waals surface area contributed by atoms with Crippen molar-refractivity contribution in [3.8, 4) is 0 Å². The van der Waals surface area contributed by atoms with Crippen molar-refractivity contribution in [1.29, 1.82) is 0 Å². The number of halogens is 1. The lowest BCUT2D eigenvalue weighted by Crippen LogP contribution is -2.48. The SMILES string of the molecule is CN=C(NCCC1CC1)NC1CCN(Cc2ccc(F)cc2)CC1. The van der Waals surface area contributed by atoms with Crippen molar-refractivity contribution in [2.75, 3.05) is 26.7 Å². The molecule has 2 fully saturated rings. The van der Waals surface area contributed by atoms with Gasteiger partial charge in [-0.05, 0) is 42.9 Å². The molecule has 132 valence electrons. The van der Waals surface area contributed by atoms with Gasteiger partial charge < -0.3 is 10.6 Å². The molecule has 0 amide bonds. The molecule has 4 nitrogen and oxygen atoms in total. The summed E-state index contributed by atoms with van der Waals surface area (Å²) in [7, 11) is 1.84. The molecule has 5 heteroatoms. The summed E-state index contributed by atoms with van der Waals surface area (Å²) in [6.45, 7) is 4.05. The van der Waals surface area contributed by atoms with Gasteiger partial charge in [0, 0.05) is 39.3 Å². The van der Waals surface area contributed by atoms with Gasteiger partial charge in [-0.15, -0.1) is 0 Å². The third-order valence-electron chi connectivity index (χ3n) is 5.01. The summed E-state index contributed by atoms with van der Waals surface area (Å²) < 4.78 is 13.0. The number of guanidine groups is 1. The second kappa shape index (κ2) is 8.47. The van der Waals surface area contributed by atoms with Crippen LogP contribution >= 0.6 is 0 Å². The highest BCUT2D eigenvalue weighted by Crippen LogP contribution is 2.31. The molecule has 0 spiro atoms. The van der Waals surface area contributed by atoms with Crippen LogP contribution in [-0.4, -0.2) is 43.6 Å². The molecule has 0 atom stereocenters. The molecule has 1 heterocycles. The first-order valence-electron chi connectivity index (χ1n) is 9.17. The zero-order valence-corrected chi connectivity index (χ0v) is 14.6. The number of nitrogens with one attached hydrogen (secondary N) is 2. The first kappa shape index (κ1) is 17.2. The number of piperidine rings is 1. The normalized spacial score (nSPS) is 20.2. The molecule has 24 heavy (non-hydrogen) atoms. The topological polar surface area (TPSA) is 39.7 Å². The summed E-state index contributed by atoms with van der Waals surface area (Å²) in [4.78, 5) is 6.78. The Labute approximate surface area is 144 Å². The average molecular weight is 332 g/mol. The molecular weight excluding hydrogens is 303 g/mol. The van der Waals surface area contributed by atoms with Crippen LogP contribution < -0.4 is 10.6 Å². The van der Waals surface area contributed by atoms with Gasteiger partial charge in [0.25, 0.3) is 0 Å². The van der Waals surface area contributed by atoms with Crippen LogP contribution in [0.25, 0.3) is 0 Å². The summed E-state index contributed by atoms with van der Waals surface area (Å²) in [5.41, 5.74) is 1.18. The summed E-state index contributed by atoms with van der Waals surface area (Å²) in [6, 6.07) is 7.33. The van der Waals surface area contributed by atoms with Crippen molar-refractivity contribution in [1.82, 2.24) is 15.5 Å². The lowest BCUT2D eigenvalue weighted by Gasteiger charge is -2.33. The average Bonchev–Trinajstić information content (AvgIpc) is 3.42. The van der Waals surface area contributed by atoms with E-state index >= 15 is 0 Å². The van der Waals surface area contributed by atoms with Gasteiger partial charge in [-0.3, -0.25) is 9.89 Å². The zero-order chi connectivity index (χ0) is 16.8. The van der Waals surface area contributed by atoms with E-state index in [0.29, 0.717) is 6.04 Å². The van der Waals surface area contributed by atoms with Gasteiger partial charge in [0.1, 0.15) is 5.82 Å². The molecule has 0 unspecified atom stereocenters. The van der Waals surface area contributed by atoms with Crippen LogP contribution in [0.3, 0.4) is 0 Å². The van der Waals surface area contributed by atoms with E-state index in [9.17, 15) is 4.39 Å². The van der Waals surface area contributed by atoms with Crippen molar-refractivity contribution in [3.63, 3.8) is 0 Å². The second-order valence-electron chi connectivity index (χ2n) is 7.05. The van der Waals surface area contributed by atoms with E-state index in [1.54, 1.807) is 12.1 Å². The van der Waals surface area contributed by atoms with Crippen molar-refractivity contribution >= 4 is 5.96 Å². The highest BCUT2D eigenvalue weighted by Gasteiger charge is 2.22. The number of aliphatic imine (C=N–C) groups is 1. The van der Waals surface area contributed by atoms with E-state index in [0.717, 1.165) is 50.9 Å². The molecule has 0 bridgehead atoms. The van der Waals surface area contributed by atoms with Crippen LogP contribution in [0.15, 0.2) is 29.3 Å². The largest absolute Gasteiger partial charge is 0.356 e. The van der Waals surface area contributed by atoms with Gasteiger partial charge in [0.15, 0.2) is 5.96 Å². The quantitative estimate of drug-likeness (QED) is 0.622. The highest BCUT2D eigenvalue weighted by molar-refractivity contribution is 5.79. The molecule has 2 N–H and O–H groups in total. The van der Waals surface area contributed by atoms with Crippen LogP contribution in [0, 0.1) is 11.7 Å². The first-order valence-corrected chi connectivity index (χ1v) is 9.17. The Morgan fingerprint density at radius 2 is 1.88 bits per heavy atom. The number of benzene rings is 1.